The average Bonchev–Trinajstić information content (AvgIpc) is 3.67. The Morgan fingerprint density at radius 3 is 1.21 bits per heavy atom. The van der Waals surface area contributed by atoms with E-state index in [1.165, 1.54) is 32.2 Å². The summed E-state index contributed by atoms with van der Waals surface area (Å²) in [6.07, 6.45) is 20.0. The molecule has 0 heterocycles. The molecule has 0 spiro atoms. The fraction of sp³-hybridized carbons (Fsp3) is 0.188. The summed E-state index contributed by atoms with van der Waals surface area (Å²) >= 11 is 0. The molecule has 0 N–H and O–H groups in total. The van der Waals surface area contributed by atoms with Crippen LogP contribution in [0.4, 0.5) is 0 Å². The molecule has 2 aliphatic rings. The molecule has 0 atom stereocenters. The van der Waals surface area contributed by atoms with E-state index in [0.29, 0.717) is 0 Å². The van der Waals surface area contributed by atoms with E-state index in [1.807, 2.05) is 24.3 Å². The van der Waals surface area contributed by atoms with E-state index in [-0.39, 0.29) is 68.7 Å². The average molecular weight is 614 g/mol. The van der Waals surface area contributed by atoms with Gasteiger partial charge in [0, 0.05) is 0 Å². The molecule has 0 nitrogen and oxygen atoms in total. The molecule has 0 unspecified atom stereocenters. The predicted molar refractivity (Wildman–Crippen MR) is 159 cm³/mol. The molecule has 0 saturated carbocycles. The van der Waals surface area contributed by atoms with Crippen LogP contribution in [0.5, 0.6) is 0 Å². The molecule has 0 amide bonds. The summed E-state index contributed by atoms with van der Waals surface area (Å²) in [6, 6.07) is 26.3. The van der Waals surface area contributed by atoms with E-state index < -0.39 is 0 Å². The minimum absolute atomic E-state index is 0. The predicted octanol–water partition coefficient (Wildman–Crippen LogP) is 2.47. The normalized spacial score (nSPS) is 11.7. The van der Waals surface area contributed by atoms with E-state index in [0.717, 1.165) is 12.8 Å². The second-order valence-electron chi connectivity index (χ2n) is 8.48. The van der Waals surface area contributed by atoms with Crippen molar-refractivity contribution < 1.29 is 52.8 Å². The summed E-state index contributed by atoms with van der Waals surface area (Å²) in [4.78, 5) is 0. The van der Waals surface area contributed by atoms with E-state index >= 15 is 0 Å². The van der Waals surface area contributed by atoms with Crippen LogP contribution in [0.25, 0.3) is 21.5 Å². The van der Waals surface area contributed by atoms with Crippen LogP contribution in [-0.2, 0) is 43.4 Å². The zero-order valence-electron chi connectivity index (χ0n) is 22.5. The quantitative estimate of drug-likeness (QED) is 0.185. The Kier molecular flexibility index (Phi) is 22.1. The molecule has 4 aromatic carbocycles. The van der Waals surface area contributed by atoms with Crippen molar-refractivity contribution >= 4 is 48.0 Å². The largest absolute Gasteiger partial charge is 2.00 e. The standard InChI is InChI=1S/2C11H12P.2C5H5.2FH.2Ti/c2*1-12(2)11-7-9-5-3-4-6-10(9)8-11;2*1-2-4-5-3-1;;;;/h2*3-8H,1-2H3;2*1-3H,4H2;2*1H;;/q4*-1;;;2*+2/p-2. The fourth-order valence-corrected chi connectivity index (χ4v) is 5.05. The van der Waals surface area contributed by atoms with E-state index in [2.05, 4.69) is 124 Å². The Morgan fingerprint density at radius 2 is 0.974 bits per heavy atom. The summed E-state index contributed by atoms with van der Waals surface area (Å²) in [6.45, 7) is 9.18. The molecule has 0 aliphatic heterocycles. The van der Waals surface area contributed by atoms with Gasteiger partial charge in [-0.25, -0.2) is 24.3 Å². The summed E-state index contributed by atoms with van der Waals surface area (Å²) in [5, 5.41) is 8.53. The van der Waals surface area contributed by atoms with Gasteiger partial charge in [-0.3, -0.25) is 12.2 Å². The Balaban J connectivity index is 0. The molecule has 4 aromatic rings. The Hall–Kier alpha value is -1.23. The van der Waals surface area contributed by atoms with Gasteiger partial charge in [0.05, 0.1) is 0 Å². The summed E-state index contributed by atoms with van der Waals surface area (Å²) < 4.78 is 0. The van der Waals surface area contributed by atoms with Crippen molar-refractivity contribution in [2.45, 2.75) is 12.8 Å². The van der Waals surface area contributed by atoms with Gasteiger partial charge < -0.3 is 9.41 Å². The molecular weight excluding hydrogens is 580 g/mol. The van der Waals surface area contributed by atoms with Crippen molar-refractivity contribution in [3.05, 3.63) is 121 Å². The fourth-order valence-electron chi connectivity index (χ4n) is 3.47. The number of allylic oxidation sites excluding steroid dienone is 8. The number of fused-ring (bicyclic) bond motifs is 2. The van der Waals surface area contributed by atoms with E-state index in [9.17, 15) is 0 Å². The summed E-state index contributed by atoms with van der Waals surface area (Å²) in [5.74, 6) is 0. The van der Waals surface area contributed by atoms with Gasteiger partial charge in [0.25, 0.3) is 0 Å². The molecular formula is C32H34F2P2Ti2-2. The third-order valence-electron chi connectivity index (χ3n) is 5.41. The number of benzene rings is 2. The third kappa shape index (κ3) is 13.2. The van der Waals surface area contributed by atoms with Gasteiger partial charge in [-0.05, 0) is 26.7 Å². The first-order valence-corrected chi connectivity index (χ1v) is 16.1. The van der Waals surface area contributed by atoms with Gasteiger partial charge in [-0.2, -0.15) is 24.3 Å². The van der Waals surface area contributed by atoms with Crippen LogP contribution in [0.3, 0.4) is 0 Å². The van der Waals surface area contributed by atoms with Crippen LogP contribution >= 0.6 is 15.8 Å². The van der Waals surface area contributed by atoms with Crippen LogP contribution in [0.15, 0.2) is 109 Å². The maximum atomic E-state index is 2.99. The Morgan fingerprint density at radius 1 is 0.605 bits per heavy atom. The van der Waals surface area contributed by atoms with Gasteiger partial charge in [-0.1, -0.05) is 12.1 Å². The van der Waals surface area contributed by atoms with Gasteiger partial charge in [-0.15, -0.1) is 109 Å². The molecule has 0 bridgehead atoms. The zero-order chi connectivity index (χ0) is 24.2. The molecule has 6 rings (SSSR count). The number of hydrogen-bond donors (Lipinski definition) is 0. The van der Waals surface area contributed by atoms with Crippen molar-refractivity contribution in [1.82, 2.24) is 0 Å². The van der Waals surface area contributed by atoms with Crippen LogP contribution in [0, 0.1) is 12.2 Å². The Labute approximate surface area is 260 Å². The van der Waals surface area contributed by atoms with E-state index in [1.54, 1.807) is 0 Å². The van der Waals surface area contributed by atoms with Crippen molar-refractivity contribution in [3.8, 4) is 0 Å². The van der Waals surface area contributed by atoms with Gasteiger partial charge in [0.1, 0.15) is 0 Å². The molecule has 0 aromatic heterocycles. The zero-order valence-corrected chi connectivity index (χ0v) is 27.4. The SMILES string of the molecule is CP(C)c1cc2ccccc2[cH-]1.CP(C)c1cc2ccccc2[cH-]1.[C-]1=CC=CC1.[C-]1=CC=CC1.[F-].[F-].[Ti+2].[Ti+2]. The molecule has 0 fully saturated rings. The topological polar surface area (TPSA) is 0 Å². The van der Waals surface area contributed by atoms with E-state index in [4.69, 9.17) is 0 Å². The third-order valence-corrected chi connectivity index (χ3v) is 7.99. The Bertz CT molecular complexity index is 1090. The molecule has 196 valence electrons. The van der Waals surface area contributed by atoms with Crippen molar-refractivity contribution in [2.24, 2.45) is 0 Å². The molecule has 0 radical (unpaired) electrons. The smallest absolute Gasteiger partial charge is 1.00 e. The first kappa shape index (κ1) is 38.9. The van der Waals surface area contributed by atoms with Gasteiger partial charge in [0.15, 0.2) is 0 Å². The second kappa shape index (κ2) is 21.6. The van der Waals surface area contributed by atoms with Crippen LogP contribution in [0.2, 0.25) is 0 Å². The maximum Gasteiger partial charge on any atom is 2.00 e. The molecule has 38 heavy (non-hydrogen) atoms. The number of halogens is 2. The minimum Gasteiger partial charge on any atom is -1.00 e. The van der Waals surface area contributed by atoms with Crippen LogP contribution in [0.1, 0.15) is 12.8 Å². The maximum absolute atomic E-state index is 2.99. The second-order valence-corrected chi connectivity index (χ2v) is 13.1. The minimum atomic E-state index is 0. The van der Waals surface area contributed by atoms with Gasteiger partial charge in [0.2, 0.25) is 0 Å². The first-order valence-electron chi connectivity index (χ1n) is 11.6. The number of rotatable bonds is 2. The molecule has 2 aliphatic carbocycles. The summed E-state index contributed by atoms with van der Waals surface area (Å²) in [7, 11) is 0.115. The molecule has 6 heteroatoms. The van der Waals surface area contributed by atoms with Crippen molar-refractivity contribution in [1.29, 1.82) is 0 Å². The van der Waals surface area contributed by atoms with Crippen molar-refractivity contribution in [3.63, 3.8) is 0 Å². The monoisotopic (exact) mass is 614 g/mol. The molecule has 0 saturated heterocycles. The van der Waals surface area contributed by atoms with Crippen LogP contribution < -0.4 is 20.0 Å². The van der Waals surface area contributed by atoms with Gasteiger partial charge >= 0.3 is 43.4 Å². The first-order chi connectivity index (χ1) is 16.5. The summed E-state index contributed by atoms with van der Waals surface area (Å²) in [5.41, 5.74) is 0. The van der Waals surface area contributed by atoms with Crippen LogP contribution in [-0.4, -0.2) is 26.7 Å². The number of hydrogen-bond acceptors (Lipinski definition) is 0. The van der Waals surface area contributed by atoms with Crippen molar-refractivity contribution in [2.75, 3.05) is 26.7 Å².